The predicted octanol–water partition coefficient (Wildman–Crippen LogP) is 3.18. The highest BCUT2D eigenvalue weighted by Crippen LogP contribution is 2.58. The van der Waals surface area contributed by atoms with E-state index in [1.54, 1.807) is 60.7 Å². The molecule has 168 valence electrons. The van der Waals surface area contributed by atoms with Gasteiger partial charge in [0.25, 0.3) is 26.9 Å². The monoisotopic (exact) mass is 468 g/mol. The van der Waals surface area contributed by atoms with Crippen LogP contribution in [0.4, 0.5) is 0 Å². The number of benzene rings is 2. The molecule has 0 bridgehead atoms. The Morgan fingerprint density at radius 3 is 1.35 bits per heavy atom. The molecule has 0 saturated carbocycles. The molecule has 2 aromatic rings. The standard InChI is InChI=1S/C19H26N4O6P2/c1-22(18(24)16-11-7-5-8-12-16)20-30(26,28-3)15-31(27,29-4)21-23(2)19(25)17-13-9-6-10-14-17/h5-14H,15H2,1-4H3,(H,20,26)(H,21,27). The number of nitrogens with one attached hydrogen (secondary N) is 2. The Labute approximate surface area is 181 Å². The van der Waals surface area contributed by atoms with Gasteiger partial charge in [-0.1, -0.05) is 36.4 Å². The lowest BCUT2D eigenvalue weighted by atomic mass is 10.2. The van der Waals surface area contributed by atoms with E-state index >= 15 is 0 Å². The summed E-state index contributed by atoms with van der Waals surface area (Å²) < 4.78 is 36.5. The van der Waals surface area contributed by atoms with Crippen LogP contribution in [-0.4, -0.2) is 56.1 Å². The lowest BCUT2D eigenvalue weighted by Crippen LogP contribution is -2.41. The zero-order valence-electron chi connectivity index (χ0n) is 17.7. The van der Waals surface area contributed by atoms with Crippen molar-refractivity contribution < 1.29 is 27.8 Å². The Morgan fingerprint density at radius 2 is 1.06 bits per heavy atom. The molecule has 0 heterocycles. The first-order valence-electron chi connectivity index (χ1n) is 9.14. The number of rotatable bonds is 10. The number of amides is 2. The fourth-order valence-electron chi connectivity index (χ4n) is 2.60. The minimum absolute atomic E-state index is 0.362. The van der Waals surface area contributed by atoms with E-state index in [1.165, 1.54) is 14.1 Å². The molecule has 2 aromatic carbocycles. The third-order valence-electron chi connectivity index (χ3n) is 4.22. The molecule has 0 aliphatic heterocycles. The van der Waals surface area contributed by atoms with Crippen molar-refractivity contribution in [2.75, 3.05) is 34.2 Å². The van der Waals surface area contributed by atoms with Gasteiger partial charge >= 0.3 is 0 Å². The molecule has 0 aliphatic carbocycles. The van der Waals surface area contributed by atoms with Gasteiger partial charge in [0, 0.05) is 39.4 Å². The smallest absolute Gasteiger partial charge is 0.297 e. The molecule has 0 spiro atoms. The average Bonchev–Trinajstić information content (AvgIpc) is 2.78. The van der Waals surface area contributed by atoms with Gasteiger partial charge in [-0.05, 0) is 24.3 Å². The van der Waals surface area contributed by atoms with Crippen molar-refractivity contribution in [3.63, 3.8) is 0 Å². The van der Waals surface area contributed by atoms with E-state index in [1.807, 2.05) is 0 Å². The summed E-state index contributed by atoms with van der Waals surface area (Å²) in [5.41, 5.74) is 0.725. The van der Waals surface area contributed by atoms with Crippen molar-refractivity contribution in [2.24, 2.45) is 0 Å². The normalized spacial score (nSPS) is 14.8. The lowest BCUT2D eigenvalue weighted by molar-refractivity contribution is 0.0753. The second-order valence-corrected chi connectivity index (χ2v) is 11.5. The Balaban J connectivity index is 2.12. The summed E-state index contributed by atoms with van der Waals surface area (Å²) in [7, 11) is -2.66. The SMILES string of the molecule is COP(=O)(CP(=O)(NN(C)C(=O)c1ccccc1)OC)NN(C)C(=O)c1ccccc1. The van der Waals surface area contributed by atoms with E-state index in [2.05, 4.69) is 10.4 Å². The first-order valence-corrected chi connectivity index (χ1v) is 12.8. The highest BCUT2D eigenvalue weighted by atomic mass is 31.2. The molecule has 0 saturated heterocycles. The number of carbonyl (C=O) groups is 2. The molecule has 0 aliphatic rings. The molecule has 2 unspecified atom stereocenters. The van der Waals surface area contributed by atoms with Gasteiger partial charge in [0.1, 0.15) is 5.90 Å². The summed E-state index contributed by atoms with van der Waals surface area (Å²) in [5.74, 6) is -1.55. The van der Waals surface area contributed by atoms with Crippen molar-refractivity contribution in [1.29, 1.82) is 0 Å². The first kappa shape index (κ1) is 24.9. The molecular formula is C19H26N4O6P2. The van der Waals surface area contributed by atoms with E-state index in [0.29, 0.717) is 11.1 Å². The van der Waals surface area contributed by atoms with E-state index in [9.17, 15) is 18.7 Å². The minimum atomic E-state index is -3.86. The van der Waals surface area contributed by atoms with Gasteiger partial charge in [0.05, 0.1) is 0 Å². The van der Waals surface area contributed by atoms with E-state index in [-0.39, 0.29) is 0 Å². The number of nitrogens with zero attached hydrogens (tertiary/aromatic N) is 2. The van der Waals surface area contributed by atoms with Crippen LogP contribution in [0.2, 0.25) is 0 Å². The number of carbonyl (C=O) groups excluding carboxylic acids is 2. The molecule has 12 heteroatoms. The highest BCUT2D eigenvalue weighted by molar-refractivity contribution is 7.74. The third-order valence-corrected chi connectivity index (χ3v) is 9.59. The molecule has 2 N–H and O–H groups in total. The van der Waals surface area contributed by atoms with Crippen LogP contribution in [0.25, 0.3) is 0 Å². The fraction of sp³-hybridized carbons (Fsp3) is 0.263. The summed E-state index contributed by atoms with van der Waals surface area (Å²) in [4.78, 5) is 25.0. The lowest BCUT2D eigenvalue weighted by Gasteiger charge is -2.29. The molecule has 2 atom stereocenters. The second kappa shape index (κ2) is 10.8. The summed E-state index contributed by atoms with van der Waals surface area (Å²) in [6.45, 7) is 0. The van der Waals surface area contributed by atoms with Gasteiger partial charge in [0.15, 0.2) is 0 Å². The quantitative estimate of drug-likeness (QED) is 0.403. The Kier molecular flexibility index (Phi) is 8.70. The van der Waals surface area contributed by atoms with Crippen molar-refractivity contribution in [3.05, 3.63) is 71.8 Å². The molecular weight excluding hydrogens is 442 g/mol. The zero-order valence-corrected chi connectivity index (χ0v) is 19.5. The van der Waals surface area contributed by atoms with E-state index < -0.39 is 32.8 Å². The van der Waals surface area contributed by atoms with E-state index in [4.69, 9.17) is 9.05 Å². The van der Waals surface area contributed by atoms with Crippen LogP contribution in [0.5, 0.6) is 0 Å². The highest BCUT2D eigenvalue weighted by Gasteiger charge is 2.38. The van der Waals surface area contributed by atoms with Gasteiger partial charge in [-0.25, -0.2) is 0 Å². The second-order valence-electron chi connectivity index (χ2n) is 6.51. The Morgan fingerprint density at radius 1 is 0.742 bits per heavy atom. The molecule has 2 amide bonds. The Hall–Kier alpha value is -2.32. The maximum atomic E-state index is 13.2. The molecule has 0 aromatic heterocycles. The fourth-order valence-corrected chi connectivity index (χ4v) is 7.25. The van der Waals surface area contributed by atoms with Crippen LogP contribution in [0.15, 0.2) is 60.7 Å². The van der Waals surface area contributed by atoms with Crippen LogP contribution < -0.4 is 10.4 Å². The number of hydrogen-bond donors (Lipinski definition) is 2. The van der Waals surface area contributed by atoms with Crippen molar-refractivity contribution in [3.8, 4) is 0 Å². The van der Waals surface area contributed by atoms with Crippen LogP contribution in [0, 0.1) is 0 Å². The van der Waals surface area contributed by atoms with Gasteiger partial charge < -0.3 is 9.05 Å². The maximum absolute atomic E-state index is 13.2. The van der Waals surface area contributed by atoms with E-state index in [0.717, 1.165) is 24.2 Å². The average molecular weight is 468 g/mol. The topological polar surface area (TPSA) is 117 Å². The van der Waals surface area contributed by atoms with Gasteiger partial charge in [0.2, 0.25) is 0 Å². The number of hydrogen-bond acceptors (Lipinski definition) is 6. The van der Waals surface area contributed by atoms with Crippen LogP contribution in [-0.2, 0) is 18.2 Å². The largest absolute Gasteiger partial charge is 0.319 e. The summed E-state index contributed by atoms with van der Waals surface area (Å²) >= 11 is 0. The van der Waals surface area contributed by atoms with Crippen LogP contribution in [0.1, 0.15) is 20.7 Å². The van der Waals surface area contributed by atoms with Crippen LogP contribution in [0.3, 0.4) is 0 Å². The van der Waals surface area contributed by atoms with Gasteiger partial charge in [-0.15, -0.1) is 0 Å². The molecule has 2 rings (SSSR count). The molecule has 0 radical (unpaired) electrons. The zero-order chi connectivity index (χ0) is 23.1. The summed E-state index contributed by atoms with van der Waals surface area (Å²) in [5, 5.41) is 6.97. The van der Waals surface area contributed by atoms with Gasteiger partial charge in [-0.2, -0.15) is 10.4 Å². The first-order chi connectivity index (χ1) is 14.6. The summed E-state index contributed by atoms with van der Waals surface area (Å²) in [6, 6.07) is 16.7. The minimum Gasteiger partial charge on any atom is -0.319 e. The molecule has 31 heavy (non-hydrogen) atoms. The molecule has 0 fully saturated rings. The van der Waals surface area contributed by atoms with Crippen LogP contribution >= 0.6 is 15.0 Å². The van der Waals surface area contributed by atoms with Crippen molar-refractivity contribution in [1.82, 2.24) is 20.4 Å². The van der Waals surface area contributed by atoms with Crippen molar-refractivity contribution >= 4 is 26.9 Å². The number of hydrazine groups is 2. The van der Waals surface area contributed by atoms with Gasteiger partial charge in [-0.3, -0.25) is 28.7 Å². The summed E-state index contributed by atoms with van der Waals surface area (Å²) in [6.07, 6.45) is 0. The maximum Gasteiger partial charge on any atom is 0.297 e. The Bertz CT molecular complexity index is 910. The molecule has 10 nitrogen and oxygen atoms in total. The predicted molar refractivity (Wildman–Crippen MR) is 117 cm³/mol. The third kappa shape index (κ3) is 6.83. The van der Waals surface area contributed by atoms with Crippen molar-refractivity contribution in [2.45, 2.75) is 0 Å².